The Bertz CT molecular complexity index is 865. The van der Waals surface area contributed by atoms with Gasteiger partial charge in [-0.15, -0.1) is 0 Å². The van der Waals surface area contributed by atoms with E-state index >= 15 is 0 Å². The summed E-state index contributed by atoms with van der Waals surface area (Å²) in [5.74, 6) is 0.799. The fourth-order valence-corrected chi connectivity index (χ4v) is 3.97. The van der Waals surface area contributed by atoms with Gasteiger partial charge >= 0.3 is 0 Å². The standard InChI is InChI=1S/C24H30N2O3/c1-4-9-23(27)26-15-14-25(2)24(28)19(17-26)16-18-10-5-6-11-20(18)21-12-7-8-13-22(21)29-3/h5-8,10-13,19H,4,9,14-17H2,1-3H3/t19-/m0/s1. The number of rotatable bonds is 6. The number of methoxy groups -OCH3 is 1. The maximum absolute atomic E-state index is 13.0. The minimum atomic E-state index is -0.251. The molecule has 1 heterocycles. The topological polar surface area (TPSA) is 49.9 Å². The summed E-state index contributed by atoms with van der Waals surface area (Å²) in [6, 6.07) is 16.1. The minimum absolute atomic E-state index is 0.103. The van der Waals surface area contributed by atoms with E-state index in [1.165, 1.54) is 0 Å². The first-order chi connectivity index (χ1) is 14.0. The number of ether oxygens (including phenoxy) is 1. The van der Waals surface area contributed by atoms with Crippen molar-refractivity contribution in [3.8, 4) is 16.9 Å². The molecule has 29 heavy (non-hydrogen) atoms. The molecule has 1 atom stereocenters. The largest absolute Gasteiger partial charge is 0.496 e. The molecule has 0 saturated carbocycles. The van der Waals surface area contributed by atoms with Gasteiger partial charge in [0.15, 0.2) is 0 Å². The molecule has 1 aliphatic rings. The molecule has 3 rings (SSSR count). The summed E-state index contributed by atoms with van der Waals surface area (Å²) in [6.07, 6.45) is 1.94. The number of likely N-dealkylation sites (N-methyl/N-ethyl adjacent to an activating group) is 1. The Balaban J connectivity index is 1.91. The smallest absolute Gasteiger partial charge is 0.227 e. The zero-order chi connectivity index (χ0) is 20.8. The highest BCUT2D eigenvalue weighted by molar-refractivity contribution is 5.83. The average Bonchev–Trinajstić information content (AvgIpc) is 2.88. The van der Waals surface area contributed by atoms with Crippen molar-refractivity contribution in [2.45, 2.75) is 26.2 Å². The van der Waals surface area contributed by atoms with Crippen LogP contribution in [0.15, 0.2) is 48.5 Å². The third kappa shape index (κ3) is 4.78. The molecule has 5 heteroatoms. The second kappa shape index (κ2) is 9.59. The highest BCUT2D eigenvalue weighted by Crippen LogP contribution is 2.33. The van der Waals surface area contributed by atoms with E-state index in [2.05, 4.69) is 12.1 Å². The summed E-state index contributed by atoms with van der Waals surface area (Å²) < 4.78 is 5.55. The van der Waals surface area contributed by atoms with Gasteiger partial charge < -0.3 is 14.5 Å². The van der Waals surface area contributed by atoms with Crippen LogP contribution < -0.4 is 4.74 Å². The van der Waals surface area contributed by atoms with Crippen LogP contribution in [0.25, 0.3) is 11.1 Å². The van der Waals surface area contributed by atoms with E-state index in [1.807, 2.05) is 55.3 Å². The van der Waals surface area contributed by atoms with Crippen LogP contribution in [0.3, 0.4) is 0 Å². The van der Waals surface area contributed by atoms with Crippen molar-refractivity contribution in [1.29, 1.82) is 0 Å². The van der Waals surface area contributed by atoms with Gasteiger partial charge in [0.05, 0.1) is 13.0 Å². The Morgan fingerprint density at radius 3 is 2.48 bits per heavy atom. The van der Waals surface area contributed by atoms with Crippen LogP contribution in [0.1, 0.15) is 25.3 Å². The van der Waals surface area contributed by atoms with E-state index < -0.39 is 0 Å². The predicted octanol–water partition coefficient (Wildman–Crippen LogP) is 3.62. The molecule has 1 fully saturated rings. The molecule has 154 valence electrons. The van der Waals surface area contributed by atoms with Gasteiger partial charge in [-0.05, 0) is 30.0 Å². The lowest BCUT2D eigenvalue weighted by Gasteiger charge is -2.24. The van der Waals surface area contributed by atoms with Crippen molar-refractivity contribution < 1.29 is 14.3 Å². The third-order valence-corrected chi connectivity index (χ3v) is 5.57. The lowest BCUT2D eigenvalue weighted by molar-refractivity contribution is -0.134. The molecule has 5 nitrogen and oxygen atoms in total. The van der Waals surface area contributed by atoms with Crippen LogP contribution in [-0.2, 0) is 16.0 Å². The summed E-state index contributed by atoms with van der Waals surface area (Å²) in [7, 11) is 3.50. The molecule has 0 spiro atoms. The van der Waals surface area contributed by atoms with Crippen molar-refractivity contribution in [3.05, 3.63) is 54.1 Å². The lowest BCUT2D eigenvalue weighted by Crippen LogP contribution is -2.37. The first kappa shape index (κ1) is 20.9. The van der Waals surface area contributed by atoms with Gasteiger partial charge in [0.25, 0.3) is 0 Å². The molecular formula is C24H30N2O3. The Morgan fingerprint density at radius 1 is 1.07 bits per heavy atom. The second-order valence-electron chi connectivity index (χ2n) is 7.61. The van der Waals surface area contributed by atoms with E-state index in [1.54, 1.807) is 12.0 Å². The van der Waals surface area contributed by atoms with Gasteiger partial charge in [-0.25, -0.2) is 0 Å². The molecule has 2 aromatic carbocycles. The summed E-state index contributed by atoms with van der Waals surface area (Å²) in [5.41, 5.74) is 3.17. The van der Waals surface area contributed by atoms with E-state index in [0.29, 0.717) is 32.5 Å². The first-order valence-corrected chi connectivity index (χ1v) is 10.3. The molecule has 1 saturated heterocycles. The highest BCUT2D eigenvalue weighted by atomic mass is 16.5. The SMILES string of the molecule is CCCC(=O)N1CCN(C)C(=O)[C@@H](Cc2ccccc2-c2ccccc2OC)C1. The van der Waals surface area contributed by atoms with Crippen LogP contribution in [0.4, 0.5) is 0 Å². The van der Waals surface area contributed by atoms with Crippen LogP contribution in [-0.4, -0.2) is 55.4 Å². The molecule has 2 amide bonds. The molecular weight excluding hydrogens is 364 g/mol. The van der Waals surface area contributed by atoms with Gasteiger partial charge in [-0.1, -0.05) is 49.4 Å². The number of hydrogen-bond acceptors (Lipinski definition) is 3. The van der Waals surface area contributed by atoms with Crippen molar-refractivity contribution in [1.82, 2.24) is 9.80 Å². The number of carbonyl (C=O) groups excluding carboxylic acids is 2. The van der Waals surface area contributed by atoms with Crippen LogP contribution in [0.2, 0.25) is 0 Å². The first-order valence-electron chi connectivity index (χ1n) is 10.3. The summed E-state index contributed by atoms with van der Waals surface area (Å²) in [6.45, 7) is 3.67. The number of para-hydroxylation sites is 1. The van der Waals surface area contributed by atoms with Gasteiger partial charge in [-0.3, -0.25) is 9.59 Å². The van der Waals surface area contributed by atoms with Gasteiger partial charge in [0.1, 0.15) is 5.75 Å². The predicted molar refractivity (Wildman–Crippen MR) is 115 cm³/mol. The Kier molecular flexibility index (Phi) is 6.91. The maximum Gasteiger partial charge on any atom is 0.227 e. The zero-order valence-electron chi connectivity index (χ0n) is 17.6. The molecule has 1 aliphatic heterocycles. The number of nitrogens with zero attached hydrogens (tertiary/aromatic N) is 2. The quantitative estimate of drug-likeness (QED) is 0.752. The third-order valence-electron chi connectivity index (χ3n) is 5.57. The highest BCUT2D eigenvalue weighted by Gasteiger charge is 2.31. The second-order valence-corrected chi connectivity index (χ2v) is 7.61. The fourth-order valence-electron chi connectivity index (χ4n) is 3.97. The molecule has 2 aromatic rings. The van der Waals surface area contributed by atoms with Crippen LogP contribution in [0.5, 0.6) is 5.75 Å². The summed E-state index contributed by atoms with van der Waals surface area (Å²) >= 11 is 0. The van der Waals surface area contributed by atoms with Crippen LogP contribution >= 0.6 is 0 Å². The van der Waals surface area contributed by atoms with Crippen molar-refractivity contribution in [2.75, 3.05) is 33.8 Å². The number of carbonyl (C=O) groups is 2. The maximum atomic E-state index is 13.0. The average molecular weight is 395 g/mol. The summed E-state index contributed by atoms with van der Waals surface area (Å²) in [5, 5.41) is 0. The van der Waals surface area contributed by atoms with Crippen LogP contribution in [0, 0.1) is 5.92 Å². The van der Waals surface area contributed by atoms with E-state index in [4.69, 9.17) is 4.74 Å². The van der Waals surface area contributed by atoms with Crippen molar-refractivity contribution in [2.24, 2.45) is 5.92 Å². The molecule has 0 radical (unpaired) electrons. The molecule has 0 aliphatic carbocycles. The van der Waals surface area contributed by atoms with Gasteiger partial charge in [-0.2, -0.15) is 0 Å². The Morgan fingerprint density at radius 2 is 1.76 bits per heavy atom. The summed E-state index contributed by atoms with van der Waals surface area (Å²) in [4.78, 5) is 29.1. The minimum Gasteiger partial charge on any atom is -0.496 e. The molecule has 0 unspecified atom stereocenters. The Hall–Kier alpha value is -2.82. The van der Waals surface area contributed by atoms with Crippen molar-refractivity contribution in [3.63, 3.8) is 0 Å². The fraction of sp³-hybridized carbons (Fsp3) is 0.417. The Labute approximate surface area is 173 Å². The molecule has 0 bridgehead atoms. The van der Waals surface area contributed by atoms with Gasteiger partial charge in [0.2, 0.25) is 11.8 Å². The number of amides is 2. The normalized spacial score (nSPS) is 17.2. The molecule has 0 N–H and O–H groups in total. The number of benzene rings is 2. The van der Waals surface area contributed by atoms with E-state index in [0.717, 1.165) is 28.9 Å². The monoisotopic (exact) mass is 394 g/mol. The molecule has 0 aromatic heterocycles. The van der Waals surface area contributed by atoms with Crippen molar-refractivity contribution >= 4 is 11.8 Å². The van der Waals surface area contributed by atoms with E-state index in [9.17, 15) is 9.59 Å². The lowest BCUT2D eigenvalue weighted by atomic mass is 9.91. The zero-order valence-corrected chi connectivity index (χ0v) is 17.6. The number of hydrogen-bond donors (Lipinski definition) is 0. The van der Waals surface area contributed by atoms with E-state index in [-0.39, 0.29) is 17.7 Å². The van der Waals surface area contributed by atoms with Gasteiger partial charge in [0, 0.05) is 38.7 Å².